The van der Waals surface area contributed by atoms with Crippen molar-refractivity contribution < 1.29 is 4.79 Å². The molecule has 96 valence electrons. The lowest BCUT2D eigenvalue weighted by Gasteiger charge is -2.34. The highest BCUT2D eigenvalue weighted by Gasteiger charge is 2.39. The maximum atomic E-state index is 11.5. The van der Waals surface area contributed by atoms with Gasteiger partial charge in [0.1, 0.15) is 5.78 Å². The second-order valence-electron chi connectivity index (χ2n) is 6.36. The third-order valence-electron chi connectivity index (χ3n) is 5.20. The molecule has 3 aliphatic rings. The number of hydrogen-bond donors (Lipinski definition) is 0. The average molecular weight is 235 g/mol. The van der Waals surface area contributed by atoms with Crippen molar-refractivity contribution in [3.05, 3.63) is 0 Å². The molecule has 1 aliphatic carbocycles. The van der Waals surface area contributed by atoms with Crippen LogP contribution in [-0.4, -0.2) is 29.3 Å². The second-order valence-corrected chi connectivity index (χ2v) is 6.36. The Labute approximate surface area is 105 Å². The standard InChI is InChI=1S/C15H25NO/c17-15-10-13-7-8-14(11-15)16(13)9-3-6-12-4-1-2-5-12/h12-14H,1-11H2. The number of Topliss-reactive ketones (excluding diaryl/α,β-unsaturated/α-hetero) is 1. The minimum Gasteiger partial charge on any atom is -0.300 e. The summed E-state index contributed by atoms with van der Waals surface area (Å²) >= 11 is 0. The van der Waals surface area contributed by atoms with E-state index in [0.717, 1.165) is 18.8 Å². The van der Waals surface area contributed by atoms with E-state index in [1.807, 2.05) is 0 Å². The molecule has 0 radical (unpaired) electrons. The molecule has 17 heavy (non-hydrogen) atoms. The molecule has 2 nitrogen and oxygen atoms in total. The molecule has 0 aromatic rings. The number of rotatable bonds is 4. The summed E-state index contributed by atoms with van der Waals surface area (Å²) < 4.78 is 0. The van der Waals surface area contributed by atoms with Crippen LogP contribution in [0, 0.1) is 5.92 Å². The van der Waals surface area contributed by atoms with E-state index in [0.29, 0.717) is 17.9 Å². The molecule has 2 unspecified atom stereocenters. The van der Waals surface area contributed by atoms with Gasteiger partial charge in [-0.05, 0) is 38.1 Å². The highest BCUT2D eigenvalue weighted by Crippen LogP contribution is 2.35. The number of piperidine rings is 1. The first-order chi connectivity index (χ1) is 8.33. The molecule has 2 bridgehead atoms. The first-order valence-electron chi connectivity index (χ1n) is 7.60. The minimum absolute atomic E-state index is 0.518. The third kappa shape index (κ3) is 2.57. The Kier molecular flexibility index (Phi) is 3.51. The molecule has 2 heterocycles. The van der Waals surface area contributed by atoms with Crippen LogP contribution in [0.4, 0.5) is 0 Å². The second kappa shape index (κ2) is 5.09. The van der Waals surface area contributed by atoms with Gasteiger partial charge in [-0.3, -0.25) is 9.69 Å². The van der Waals surface area contributed by atoms with E-state index in [-0.39, 0.29) is 0 Å². The fourth-order valence-electron chi connectivity index (χ4n) is 4.29. The lowest BCUT2D eigenvalue weighted by molar-refractivity contribution is -0.123. The fourth-order valence-corrected chi connectivity index (χ4v) is 4.29. The quantitative estimate of drug-likeness (QED) is 0.746. The zero-order valence-electron chi connectivity index (χ0n) is 10.9. The van der Waals surface area contributed by atoms with Crippen LogP contribution in [0.5, 0.6) is 0 Å². The number of ketones is 1. The van der Waals surface area contributed by atoms with Crippen molar-refractivity contribution in [1.29, 1.82) is 0 Å². The molecule has 2 atom stereocenters. The van der Waals surface area contributed by atoms with Gasteiger partial charge in [0.05, 0.1) is 0 Å². The predicted octanol–water partition coefficient (Wildman–Crippen LogP) is 3.15. The summed E-state index contributed by atoms with van der Waals surface area (Å²) in [5.74, 6) is 1.55. The molecule has 2 heteroatoms. The van der Waals surface area contributed by atoms with Crippen molar-refractivity contribution >= 4 is 5.78 Å². The Morgan fingerprint density at radius 2 is 1.65 bits per heavy atom. The number of fused-ring (bicyclic) bond motifs is 2. The Bertz CT molecular complexity index is 267. The number of carbonyl (C=O) groups excluding carboxylic acids is 1. The van der Waals surface area contributed by atoms with Gasteiger partial charge in [-0.2, -0.15) is 0 Å². The maximum Gasteiger partial charge on any atom is 0.136 e. The molecule has 0 amide bonds. The average Bonchev–Trinajstić information content (AvgIpc) is 2.88. The molecule has 0 aromatic carbocycles. The van der Waals surface area contributed by atoms with Crippen molar-refractivity contribution in [2.24, 2.45) is 5.92 Å². The van der Waals surface area contributed by atoms with E-state index in [1.54, 1.807) is 0 Å². The van der Waals surface area contributed by atoms with Gasteiger partial charge >= 0.3 is 0 Å². The van der Waals surface area contributed by atoms with Crippen LogP contribution < -0.4 is 0 Å². The summed E-state index contributed by atoms with van der Waals surface area (Å²) in [5, 5.41) is 0. The molecule has 2 saturated heterocycles. The summed E-state index contributed by atoms with van der Waals surface area (Å²) in [6, 6.07) is 1.23. The molecule has 3 rings (SSSR count). The summed E-state index contributed by atoms with van der Waals surface area (Å²) in [6.07, 6.45) is 12.9. The van der Waals surface area contributed by atoms with Crippen LogP contribution in [0.15, 0.2) is 0 Å². The molecule has 3 fully saturated rings. The van der Waals surface area contributed by atoms with Crippen LogP contribution >= 0.6 is 0 Å². The van der Waals surface area contributed by atoms with Crippen molar-refractivity contribution in [3.63, 3.8) is 0 Å². The van der Waals surface area contributed by atoms with Crippen LogP contribution in [-0.2, 0) is 4.79 Å². The summed E-state index contributed by atoms with van der Waals surface area (Å²) in [4.78, 5) is 14.2. The normalized spacial score (nSPS) is 34.7. The van der Waals surface area contributed by atoms with E-state index in [4.69, 9.17) is 0 Å². The van der Waals surface area contributed by atoms with E-state index < -0.39 is 0 Å². The van der Waals surface area contributed by atoms with Gasteiger partial charge in [-0.25, -0.2) is 0 Å². The number of nitrogens with zero attached hydrogens (tertiary/aromatic N) is 1. The van der Waals surface area contributed by atoms with Crippen LogP contribution in [0.3, 0.4) is 0 Å². The smallest absolute Gasteiger partial charge is 0.136 e. The van der Waals surface area contributed by atoms with Gasteiger partial charge < -0.3 is 0 Å². The monoisotopic (exact) mass is 235 g/mol. The Morgan fingerprint density at radius 3 is 2.29 bits per heavy atom. The van der Waals surface area contributed by atoms with Gasteiger partial charge in [0.25, 0.3) is 0 Å². The van der Waals surface area contributed by atoms with Gasteiger partial charge in [0.15, 0.2) is 0 Å². The predicted molar refractivity (Wildman–Crippen MR) is 68.9 cm³/mol. The third-order valence-corrected chi connectivity index (χ3v) is 5.20. The van der Waals surface area contributed by atoms with Crippen LogP contribution in [0.25, 0.3) is 0 Å². The fraction of sp³-hybridized carbons (Fsp3) is 0.933. The SMILES string of the molecule is O=C1CC2CCC(C1)N2CCCC1CCCC1. The van der Waals surface area contributed by atoms with Crippen molar-refractivity contribution in [2.45, 2.75) is 76.3 Å². The molecular formula is C15H25NO. The number of hydrogen-bond acceptors (Lipinski definition) is 2. The molecule has 0 spiro atoms. The first-order valence-corrected chi connectivity index (χ1v) is 7.60. The van der Waals surface area contributed by atoms with E-state index >= 15 is 0 Å². The van der Waals surface area contributed by atoms with Crippen molar-refractivity contribution in [1.82, 2.24) is 4.90 Å². The molecule has 0 N–H and O–H groups in total. The zero-order valence-corrected chi connectivity index (χ0v) is 10.9. The van der Waals surface area contributed by atoms with Gasteiger partial charge in [-0.15, -0.1) is 0 Å². The highest BCUT2D eigenvalue weighted by atomic mass is 16.1. The topological polar surface area (TPSA) is 20.3 Å². The number of carbonyl (C=O) groups is 1. The van der Waals surface area contributed by atoms with Gasteiger partial charge in [-0.1, -0.05) is 25.7 Å². The zero-order chi connectivity index (χ0) is 11.7. The van der Waals surface area contributed by atoms with Crippen LogP contribution in [0.2, 0.25) is 0 Å². The summed E-state index contributed by atoms with van der Waals surface area (Å²) in [7, 11) is 0. The van der Waals surface area contributed by atoms with E-state index in [1.165, 1.54) is 57.9 Å². The summed E-state index contributed by atoms with van der Waals surface area (Å²) in [5.41, 5.74) is 0. The lowest BCUT2D eigenvalue weighted by Crippen LogP contribution is -2.43. The van der Waals surface area contributed by atoms with Crippen molar-refractivity contribution in [3.8, 4) is 0 Å². The molecule has 2 aliphatic heterocycles. The van der Waals surface area contributed by atoms with E-state index in [9.17, 15) is 4.79 Å². The Hall–Kier alpha value is -0.370. The summed E-state index contributed by atoms with van der Waals surface area (Å²) in [6.45, 7) is 1.26. The van der Waals surface area contributed by atoms with Gasteiger partial charge in [0.2, 0.25) is 0 Å². The van der Waals surface area contributed by atoms with Crippen LogP contribution in [0.1, 0.15) is 64.2 Å². The maximum absolute atomic E-state index is 11.5. The van der Waals surface area contributed by atoms with Gasteiger partial charge in [0, 0.05) is 24.9 Å². The largest absolute Gasteiger partial charge is 0.300 e. The lowest BCUT2D eigenvalue weighted by atomic mass is 9.98. The first kappa shape index (κ1) is 11.7. The Balaban J connectivity index is 1.44. The van der Waals surface area contributed by atoms with Crippen molar-refractivity contribution in [2.75, 3.05) is 6.54 Å². The molecular weight excluding hydrogens is 210 g/mol. The van der Waals surface area contributed by atoms with E-state index in [2.05, 4.69) is 4.90 Å². The molecule has 1 saturated carbocycles. The molecule has 0 aromatic heterocycles. The minimum atomic E-state index is 0.518. The Morgan fingerprint density at radius 1 is 1.00 bits per heavy atom. The highest BCUT2D eigenvalue weighted by molar-refractivity contribution is 5.80.